The van der Waals surface area contributed by atoms with E-state index < -0.39 is 0 Å². The molecule has 2 aromatic carbocycles. The molecule has 0 bridgehead atoms. The van der Waals surface area contributed by atoms with E-state index >= 15 is 0 Å². The standard InChI is InChI=1S/C20H17N3OS/c21-12-13-23-19(24)15-18(17-9-5-2-6-10-17)22-20(23)25-14-11-16-7-3-1-4-8-16/h1-10,15H,11,13-14H2. The summed E-state index contributed by atoms with van der Waals surface area (Å²) in [5.41, 5.74) is 2.58. The van der Waals surface area contributed by atoms with Gasteiger partial charge < -0.3 is 0 Å². The monoisotopic (exact) mass is 347 g/mol. The van der Waals surface area contributed by atoms with Gasteiger partial charge in [-0.05, 0) is 12.0 Å². The minimum atomic E-state index is -0.197. The summed E-state index contributed by atoms with van der Waals surface area (Å²) >= 11 is 1.51. The summed E-state index contributed by atoms with van der Waals surface area (Å²) in [6.45, 7) is 0.00851. The lowest BCUT2D eigenvalue weighted by atomic mass is 10.1. The van der Waals surface area contributed by atoms with E-state index in [1.807, 2.05) is 54.6 Å². The molecule has 0 N–H and O–H groups in total. The molecule has 0 atom stereocenters. The van der Waals surface area contributed by atoms with Crippen molar-refractivity contribution < 1.29 is 0 Å². The Hall–Kier alpha value is -2.84. The molecule has 5 heteroatoms. The summed E-state index contributed by atoms with van der Waals surface area (Å²) in [5, 5.41) is 9.60. The fourth-order valence-corrected chi connectivity index (χ4v) is 3.47. The van der Waals surface area contributed by atoms with Gasteiger partial charge in [-0.25, -0.2) is 4.98 Å². The van der Waals surface area contributed by atoms with Gasteiger partial charge in [0, 0.05) is 17.4 Å². The zero-order valence-electron chi connectivity index (χ0n) is 13.6. The van der Waals surface area contributed by atoms with Crippen LogP contribution >= 0.6 is 11.8 Å². The van der Waals surface area contributed by atoms with Crippen molar-refractivity contribution in [3.05, 3.63) is 82.6 Å². The minimum absolute atomic E-state index is 0.00851. The minimum Gasteiger partial charge on any atom is -0.274 e. The van der Waals surface area contributed by atoms with Crippen LogP contribution in [0.25, 0.3) is 11.3 Å². The summed E-state index contributed by atoms with van der Waals surface area (Å²) < 4.78 is 1.43. The molecule has 25 heavy (non-hydrogen) atoms. The molecule has 0 aliphatic heterocycles. The molecule has 0 aliphatic carbocycles. The van der Waals surface area contributed by atoms with Crippen LogP contribution in [-0.4, -0.2) is 15.3 Å². The van der Waals surface area contributed by atoms with Gasteiger partial charge >= 0.3 is 0 Å². The number of hydrogen-bond acceptors (Lipinski definition) is 4. The highest BCUT2D eigenvalue weighted by Crippen LogP contribution is 2.21. The van der Waals surface area contributed by atoms with E-state index in [4.69, 9.17) is 5.26 Å². The molecule has 4 nitrogen and oxygen atoms in total. The van der Waals surface area contributed by atoms with Crippen LogP contribution in [0.1, 0.15) is 5.56 Å². The summed E-state index contributed by atoms with van der Waals surface area (Å²) in [5.74, 6) is 0.792. The van der Waals surface area contributed by atoms with E-state index in [2.05, 4.69) is 17.1 Å². The third-order valence-corrected chi connectivity index (χ3v) is 4.71. The first kappa shape index (κ1) is 17.0. The second-order valence-corrected chi connectivity index (χ2v) is 6.52. The Balaban J connectivity index is 1.86. The lowest BCUT2D eigenvalue weighted by Gasteiger charge is -2.10. The van der Waals surface area contributed by atoms with Crippen LogP contribution in [0, 0.1) is 11.3 Å². The number of nitriles is 1. The lowest BCUT2D eigenvalue weighted by molar-refractivity contribution is 0.665. The normalized spacial score (nSPS) is 10.4. The van der Waals surface area contributed by atoms with Crippen molar-refractivity contribution in [3.63, 3.8) is 0 Å². The second-order valence-electron chi connectivity index (χ2n) is 5.46. The summed E-state index contributed by atoms with van der Waals surface area (Å²) in [6.07, 6.45) is 0.878. The predicted molar refractivity (Wildman–Crippen MR) is 100 cm³/mol. The number of aromatic nitrogens is 2. The van der Waals surface area contributed by atoms with Crippen LogP contribution in [0.2, 0.25) is 0 Å². The first-order valence-electron chi connectivity index (χ1n) is 7.99. The van der Waals surface area contributed by atoms with E-state index in [1.165, 1.54) is 28.0 Å². The third-order valence-electron chi connectivity index (χ3n) is 3.74. The number of thioether (sulfide) groups is 1. The largest absolute Gasteiger partial charge is 0.274 e. The summed E-state index contributed by atoms with van der Waals surface area (Å²) in [6, 6.07) is 23.3. The molecular weight excluding hydrogens is 330 g/mol. The molecule has 0 unspecified atom stereocenters. The van der Waals surface area contributed by atoms with Crippen molar-refractivity contribution in [2.45, 2.75) is 18.1 Å². The molecule has 1 heterocycles. The van der Waals surface area contributed by atoms with Crippen molar-refractivity contribution in [2.75, 3.05) is 5.75 Å². The van der Waals surface area contributed by atoms with Gasteiger partial charge in [0.15, 0.2) is 5.16 Å². The van der Waals surface area contributed by atoms with Crippen LogP contribution in [0.4, 0.5) is 0 Å². The molecule has 0 radical (unpaired) electrons. The molecule has 3 aromatic rings. The molecule has 0 spiro atoms. The molecule has 124 valence electrons. The highest BCUT2D eigenvalue weighted by Gasteiger charge is 2.10. The van der Waals surface area contributed by atoms with Gasteiger partial charge in [-0.2, -0.15) is 5.26 Å². The maximum atomic E-state index is 12.4. The Kier molecular flexibility index (Phi) is 5.65. The Labute approximate surface area is 150 Å². The number of hydrogen-bond donors (Lipinski definition) is 0. The second kappa shape index (κ2) is 8.32. The van der Waals surface area contributed by atoms with Crippen molar-refractivity contribution in [1.29, 1.82) is 5.26 Å². The van der Waals surface area contributed by atoms with Gasteiger partial charge in [-0.15, -0.1) is 0 Å². The Morgan fingerprint density at radius 2 is 1.72 bits per heavy atom. The highest BCUT2D eigenvalue weighted by atomic mass is 32.2. The van der Waals surface area contributed by atoms with Crippen molar-refractivity contribution >= 4 is 11.8 Å². The van der Waals surface area contributed by atoms with Crippen LogP contribution in [-0.2, 0) is 13.0 Å². The van der Waals surface area contributed by atoms with E-state index in [0.29, 0.717) is 10.9 Å². The van der Waals surface area contributed by atoms with Crippen molar-refractivity contribution in [1.82, 2.24) is 9.55 Å². The van der Waals surface area contributed by atoms with E-state index in [1.54, 1.807) is 0 Å². The maximum Gasteiger partial charge on any atom is 0.255 e. The number of benzene rings is 2. The van der Waals surface area contributed by atoms with Crippen molar-refractivity contribution in [2.24, 2.45) is 0 Å². The Morgan fingerprint density at radius 3 is 2.40 bits per heavy atom. The van der Waals surface area contributed by atoms with Crippen LogP contribution in [0.15, 0.2) is 76.7 Å². The quantitative estimate of drug-likeness (QED) is 0.503. The smallest absolute Gasteiger partial charge is 0.255 e. The number of aryl methyl sites for hydroxylation is 1. The molecule has 3 rings (SSSR count). The molecule has 0 aliphatic rings. The average molecular weight is 347 g/mol. The van der Waals surface area contributed by atoms with Gasteiger partial charge in [0.05, 0.1) is 11.8 Å². The molecule has 0 fully saturated rings. The van der Waals surface area contributed by atoms with Gasteiger partial charge in [-0.1, -0.05) is 72.4 Å². The van der Waals surface area contributed by atoms with Gasteiger partial charge in [0.1, 0.15) is 6.54 Å². The zero-order valence-corrected chi connectivity index (χ0v) is 14.4. The SMILES string of the molecule is N#CCn1c(SCCc2ccccc2)nc(-c2ccccc2)cc1=O. The Morgan fingerprint density at radius 1 is 1.04 bits per heavy atom. The number of nitrogens with zero attached hydrogens (tertiary/aromatic N) is 3. The molecular formula is C20H17N3OS. The fourth-order valence-electron chi connectivity index (χ4n) is 2.47. The van der Waals surface area contributed by atoms with Gasteiger partial charge in [0.25, 0.3) is 5.56 Å². The fraction of sp³-hybridized carbons (Fsp3) is 0.150. The zero-order chi connectivity index (χ0) is 17.5. The van der Waals surface area contributed by atoms with Gasteiger partial charge in [0.2, 0.25) is 0 Å². The molecule has 1 aromatic heterocycles. The van der Waals surface area contributed by atoms with E-state index in [9.17, 15) is 4.79 Å². The van der Waals surface area contributed by atoms with Crippen LogP contribution in [0.5, 0.6) is 0 Å². The topological polar surface area (TPSA) is 58.7 Å². The van der Waals surface area contributed by atoms with Crippen LogP contribution in [0.3, 0.4) is 0 Å². The molecule has 0 amide bonds. The molecule has 0 saturated carbocycles. The van der Waals surface area contributed by atoms with Gasteiger partial charge in [-0.3, -0.25) is 9.36 Å². The Bertz CT molecular complexity index is 931. The first-order valence-corrected chi connectivity index (χ1v) is 8.97. The molecule has 0 saturated heterocycles. The summed E-state index contributed by atoms with van der Waals surface area (Å²) in [4.78, 5) is 17.0. The average Bonchev–Trinajstić information content (AvgIpc) is 2.66. The van der Waals surface area contributed by atoms with Crippen molar-refractivity contribution in [3.8, 4) is 17.3 Å². The maximum absolute atomic E-state index is 12.4. The lowest BCUT2D eigenvalue weighted by Crippen LogP contribution is -2.22. The first-order chi connectivity index (χ1) is 12.3. The van der Waals surface area contributed by atoms with E-state index in [0.717, 1.165) is 17.7 Å². The third kappa shape index (κ3) is 4.37. The highest BCUT2D eigenvalue weighted by molar-refractivity contribution is 7.99. The van der Waals surface area contributed by atoms with E-state index in [-0.39, 0.29) is 12.1 Å². The number of rotatable bonds is 6. The predicted octanol–water partition coefficient (Wildman–Crippen LogP) is 3.77. The summed E-state index contributed by atoms with van der Waals surface area (Å²) in [7, 11) is 0. The van der Waals surface area contributed by atoms with Crippen LogP contribution < -0.4 is 5.56 Å².